The van der Waals surface area contributed by atoms with Gasteiger partial charge in [0, 0.05) is 17.1 Å². The van der Waals surface area contributed by atoms with E-state index in [2.05, 4.69) is 229 Å². The summed E-state index contributed by atoms with van der Waals surface area (Å²) in [6, 6.07) is 82.2. The van der Waals surface area contributed by atoms with Gasteiger partial charge < -0.3 is 4.90 Å². The Morgan fingerprint density at radius 2 is 0.737 bits per heavy atom. The van der Waals surface area contributed by atoms with Gasteiger partial charge in [-0.05, 0) is 136 Å². The third kappa shape index (κ3) is 5.80. The van der Waals surface area contributed by atoms with E-state index in [0.717, 1.165) is 17.1 Å². The van der Waals surface area contributed by atoms with Gasteiger partial charge in [-0.15, -0.1) is 0 Å². The average molecular weight is 724 g/mol. The Kier molecular flexibility index (Phi) is 7.89. The van der Waals surface area contributed by atoms with E-state index in [1.165, 1.54) is 87.2 Å². The summed E-state index contributed by atoms with van der Waals surface area (Å²) in [4.78, 5) is 2.42. The highest BCUT2D eigenvalue weighted by molar-refractivity contribution is 6.15. The lowest BCUT2D eigenvalue weighted by molar-refractivity contribution is 1.29. The van der Waals surface area contributed by atoms with Crippen molar-refractivity contribution in [3.05, 3.63) is 224 Å². The minimum atomic E-state index is 1.10. The maximum Gasteiger partial charge on any atom is 0.0468 e. The van der Waals surface area contributed by atoms with Crippen molar-refractivity contribution in [1.29, 1.82) is 0 Å². The molecule has 11 aromatic rings. The average Bonchev–Trinajstić information content (AvgIpc) is 3.29. The number of hydrogen-bond donors (Lipinski definition) is 0. The highest BCUT2D eigenvalue weighted by Crippen LogP contribution is 2.45. The van der Waals surface area contributed by atoms with Crippen molar-refractivity contribution in [2.24, 2.45) is 0 Å². The summed E-state index contributed by atoms with van der Waals surface area (Å²) < 4.78 is 0. The standard InChI is InChI=1S/C56H37N/c1-2-13-40(14-3-1)55-37-48(32-33-53(55)56-35-45-17-7-9-19-50(45)51-20-10-11-21-52(51)56)57(47-31-28-42-24-23-41-15-6-8-18-49(41)54(42)36-47)46-29-26-39(27-30-46)44-25-22-38-12-4-5-16-43(38)34-44/h1-37H. The molecule has 11 rings (SSSR count). The van der Waals surface area contributed by atoms with Gasteiger partial charge >= 0.3 is 0 Å². The van der Waals surface area contributed by atoms with E-state index in [9.17, 15) is 0 Å². The normalized spacial score (nSPS) is 11.5. The lowest BCUT2D eigenvalue weighted by Gasteiger charge is -2.27. The summed E-state index contributed by atoms with van der Waals surface area (Å²) in [5.41, 5.74) is 10.5. The number of benzene rings is 11. The number of anilines is 3. The van der Waals surface area contributed by atoms with Gasteiger partial charge in [-0.2, -0.15) is 0 Å². The molecule has 0 aliphatic rings. The molecule has 0 N–H and O–H groups in total. The molecule has 0 saturated carbocycles. The first-order valence-electron chi connectivity index (χ1n) is 19.7. The monoisotopic (exact) mass is 723 g/mol. The molecule has 1 heteroatoms. The first-order chi connectivity index (χ1) is 28.2. The molecule has 57 heavy (non-hydrogen) atoms. The van der Waals surface area contributed by atoms with Crippen LogP contribution in [0.1, 0.15) is 0 Å². The zero-order valence-corrected chi connectivity index (χ0v) is 31.3. The van der Waals surface area contributed by atoms with Crippen LogP contribution < -0.4 is 4.90 Å². The fraction of sp³-hybridized carbons (Fsp3) is 0. The Labute approximate surface area is 332 Å². The molecule has 0 aliphatic carbocycles. The molecule has 0 spiro atoms. The largest absolute Gasteiger partial charge is 0.310 e. The van der Waals surface area contributed by atoms with E-state index in [0.29, 0.717) is 0 Å². The van der Waals surface area contributed by atoms with Crippen LogP contribution in [0, 0.1) is 0 Å². The first kappa shape index (κ1) is 32.9. The molecule has 0 amide bonds. The first-order valence-corrected chi connectivity index (χ1v) is 19.7. The van der Waals surface area contributed by atoms with Crippen molar-refractivity contribution in [2.45, 2.75) is 0 Å². The number of rotatable bonds is 6. The van der Waals surface area contributed by atoms with Gasteiger partial charge in [0.15, 0.2) is 0 Å². The van der Waals surface area contributed by atoms with Crippen LogP contribution in [0.3, 0.4) is 0 Å². The highest BCUT2D eigenvalue weighted by atomic mass is 15.1. The van der Waals surface area contributed by atoms with Crippen molar-refractivity contribution in [3.63, 3.8) is 0 Å². The molecule has 0 aromatic heterocycles. The molecule has 1 nitrogen and oxygen atoms in total. The van der Waals surface area contributed by atoms with Crippen LogP contribution in [0.2, 0.25) is 0 Å². The maximum absolute atomic E-state index is 2.42. The van der Waals surface area contributed by atoms with Gasteiger partial charge in [-0.1, -0.05) is 176 Å². The summed E-state index contributed by atoms with van der Waals surface area (Å²) in [5, 5.41) is 12.5. The van der Waals surface area contributed by atoms with E-state index in [-0.39, 0.29) is 0 Å². The summed E-state index contributed by atoms with van der Waals surface area (Å²) in [7, 11) is 0. The van der Waals surface area contributed by atoms with Crippen LogP contribution in [0.25, 0.3) is 87.2 Å². The Balaban J connectivity index is 1.13. The molecule has 0 atom stereocenters. The van der Waals surface area contributed by atoms with Gasteiger partial charge in [0.05, 0.1) is 0 Å². The summed E-state index contributed by atoms with van der Waals surface area (Å²) in [5.74, 6) is 0. The fourth-order valence-corrected chi connectivity index (χ4v) is 8.79. The van der Waals surface area contributed by atoms with E-state index < -0.39 is 0 Å². The Bertz CT molecular complexity index is 3290. The highest BCUT2D eigenvalue weighted by Gasteiger charge is 2.19. The molecule has 0 bridgehead atoms. The molecular weight excluding hydrogens is 687 g/mol. The fourth-order valence-electron chi connectivity index (χ4n) is 8.79. The maximum atomic E-state index is 2.42. The smallest absolute Gasteiger partial charge is 0.0468 e. The quantitative estimate of drug-likeness (QED) is 0.154. The summed E-state index contributed by atoms with van der Waals surface area (Å²) >= 11 is 0. The molecule has 11 aromatic carbocycles. The lowest BCUT2D eigenvalue weighted by atomic mass is 9.88. The van der Waals surface area contributed by atoms with Gasteiger partial charge in [-0.25, -0.2) is 0 Å². The van der Waals surface area contributed by atoms with Gasteiger partial charge in [0.2, 0.25) is 0 Å². The number of fused-ring (bicyclic) bond motifs is 7. The topological polar surface area (TPSA) is 3.24 Å². The number of nitrogens with zero attached hydrogens (tertiary/aromatic N) is 1. The van der Waals surface area contributed by atoms with E-state index in [1.54, 1.807) is 0 Å². The van der Waals surface area contributed by atoms with E-state index in [1.807, 2.05) is 0 Å². The third-order valence-electron chi connectivity index (χ3n) is 11.6. The van der Waals surface area contributed by atoms with Gasteiger partial charge in [-0.3, -0.25) is 0 Å². The van der Waals surface area contributed by atoms with Crippen molar-refractivity contribution in [3.8, 4) is 33.4 Å². The zero-order valence-electron chi connectivity index (χ0n) is 31.3. The van der Waals surface area contributed by atoms with Crippen LogP contribution >= 0.6 is 0 Å². The SMILES string of the molecule is c1ccc(-c2cc(N(c3ccc(-c4ccc5ccccc5c4)cc3)c3ccc4ccc5ccccc5c4c3)ccc2-c2cc3ccccc3c3ccccc23)cc1. The molecule has 0 radical (unpaired) electrons. The van der Waals surface area contributed by atoms with Crippen molar-refractivity contribution in [2.75, 3.05) is 4.90 Å². The summed E-state index contributed by atoms with van der Waals surface area (Å²) in [6.45, 7) is 0. The van der Waals surface area contributed by atoms with Gasteiger partial charge in [0.25, 0.3) is 0 Å². The summed E-state index contributed by atoms with van der Waals surface area (Å²) in [6.07, 6.45) is 0. The van der Waals surface area contributed by atoms with Crippen molar-refractivity contribution in [1.82, 2.24) is 0 Å². The van der Waals surface area contributed by atoms with E-state index in [4.69, 9.17) is 0 Å². The number of hydrogen-bond acceptors (Lipinski definition) is 1. The molecule has 0 unspecified atom stereocenters. The lowest BCUT2D eigenvalue weighted by Crippen LogP contribution is -2.10. The second-order valence-electron chi connectivity index (χ2n) is 14.9. The van der Waals surface area contributed by atoms with Crippen molar-refractivity contribution >= 4 is 70.9 Å². The molecule has 266 valence electrons. The minimum Gasteiger partial charge on any atom is -0.310 e. The third-order valence-corrected chi connectivity index (χ3v) is 11.6. The van der Waals surface area contributed by atoms with Crippen LogP contribution in [0.4, 0.5) is 17.1 Å². The van der Waals surface area contributed by atoms with Crippen LogP contribution in [0.15, 0.2) is 224 Å². The molecule has 0 fully saturated rings. The van der Waals surface area contributed by atoms with Crippen LogP contribution in [0.5, 0.6) is 0 Å². The zero-order chi connectivity index (χ0) is 37.7. The second kappa shape index (κ2) is 13.7. The van der Waals surface area contributed by atoms with Crippen LogP contribution in [-0.2, 0) is 0 Å². The minimum absolute atomic E-state index is 1.10. The Morgan fingerprint density at radius 3 is 1.53 bits per heavy atom. The molecule has 0 heterocycles. The van der Waals surface area contributed by atoms with Crippen molar-refractivity contribution < 1.29 is 0 Å². The molecule has 0 aliphatic heterocycles. The second-order valence-corrected chi connectivity index (χ2v) is 14.9. The molecular formula is C56H37N. The predicted octanol–water partition coefficient (Wildman–Crippen LogP) is 15.9. The molecule has 0 saturated heterocycles. The van der Waals surface area contributed by atoms with Gasteiger partial charge in [0.1, 0.15) is 0 Å². The van der Waals surface area contributed by atoms with E-state index >= 15 is 0 Å². The Morgan fingerprint density at radius 1 is 0.211 bits per heavy atom. The Hall–Kier alpha value is -7.48. The van der Waals surface area contributed by atoms with Crippen LogP contribution in [-0.4, -0.2) is 0 Å². The predicted molar refractivity (Wildman–Crippen MR) is 245 cm³/mol.